The molecule has 0 aliphatic heterocycles. The third kappa shape index (κ3) is 1.58. The van der Waals surface area contributed by atoms with Gasteiger partial charge in [-0.1, -0.05) is 12.8 Å². The van der Waals surface area contributed by atoms with Gasteiger partial charge in [0.25, 0.3) is 0 Å². The lowest BCUT2D eigenvalue weighted by molar-refractivity contribution is 0.405. The van der Waals surface area contributed by atoms with E-state index in [0.29, 0.717) is 0 Å². The van der Waals surface area contributed by atoms with Gasteiger partial charge in [-0.15, -0.1) is 0 Å². The van der Waals surface area contributed by atoms with Crippen LogP contribution in [0.25, 0.3) is 0 Å². The summed E-state index contributed by atoms with van der Waals surface area (Å²) in [7, 11) is 0. The Balaban J connectivity index is 1.88. The minimum Gasteiger partial charge on any atom is -0.330 e. The molecule has 88 valence electrons. The van der Waals surface area contributed by atoms with Gasteiger partial charge in [-0.05, 0) is 44.2 Å². The monoisotopic (exact) mass is 219 g/mol. The molecule has 2 aliphatic carbocycles. The van der Waals surface area contributed by atoms with Crippen molar-refractivity contribution in [3.63, 3.8) is 0 Å². The predicted octanol–water partition coefficient (Wildman–Crippen LogP) is 2.45. The molecule has 0 saturated heterocycles. The fraction of sp³-hybridized carbons (Fsp3) is 0.769. The zero-order chi connectivity index (χ0) is 11.0. The molecule has 1 aromatic rings. The molecule has 0 bridgehead atoms. The van der Waals surface area contributed by atoms with Crippen molar-refractivity contribution in [2.75, 3.05) is 6.54 Å². The highest BCUT2D eigenvalue weighted by Crippen LogP contribution is 2.42. The molecule has 2 aliphatic rings. The Kier molecular flexibility index (Phi) is 2.72. The van der Waals surface area contributed by atoms with Gasteiger partial charge in [0.1, 0.15) is 0 Å². The highest BCUT2D eigenvalue weighted by molar-refractivity contribution is 5.33. The number of aromatic nitrogens is 2. The zero-order valence-corrected chi connectivity index (χ0v) is 9.84. The Morgan fingerprint density at radius 3 is 2.31 bits per heavy atom. The molecule has 1 aromatic heterocycles. The van der Waals surface area contributed by atoms with Crippen molar-refractivity contribution >= 4 is 0 Å². The normalized spacial score (nSPS) is 21.8. The molecular weight excluding hydrogens is 198 g/mol. The summed E-state index contributed by atoms with van der Waals surface area (Å²) in [5.41, 5.74) is 9.97. The molecular formula is C13H21N3. The van der Waals surface area contributed by atoms with Crippen molar-refractivity contribution in [3.05, 3.63) is 17.0 Å². The van der Waals surface area contributed by atoms with Crippen LogP contribution in [0, 0.1) is 0 Å². The maximum absolute atomic E-state index is 5.74. The lowest BCUT2D eigenvalue weighted by atomic mass is 9.77. The van der Waals surface area contributed by atoms with Crippen LogP contribution < -0.4 is 5.73 Å². The van der Waals surface area contributed by atoms with Gasteiger partial charge in [0.2, 0.25) is 0 Å². The third-order valence-electron chi connectivity index (χ3n) is 4.33. The molecule has 3 heteroatoms. The number of H-pyrrole nitrogens is 1. The van der Waals surface area contributed by atoms with E-state index in [9.17, 15) is 0 Å². The van der Waals surface area contributed by atoms with Crippen LogP contribution in [0.4, 0.5) is 0 Å². The van der Waals surface area contributed by atoms with Crippen molar-refractivity contribution in [3.8, 4) is 0 Å². The standard InChI is InChI=1S/C13H21N3/c14-8-7-11-12(9-3-1-4-9)15-16-13(11)10-5-2-6-10/h9-10H,1-8,14H2,(H,15,16). The second kappa shape index (κ2) is 4.21. The third-order valence-corrected chi connectivity index (χ3v) is 4.33. The Bertz CT molecular complexity index is 330. The summed E-state index contributed by atoms with van der Waals surface area (Å²) >= 11 is 0. The van der Waals surface area contributed by atoms with Gasteiger partial charge in [0, 0.05) is 17.5 Å². The highest BCUT2D eigenvalue weighted by atomic mass is 15.1. The van der Waals surface area contributed by atoms with E-state index >= 15 is 0 Å². The number of nitrogens with zero attached hydrogens (tertiary/aromatic N) is 1. The van der Waals surface area contributed by atoms with Gasteiger partial charge in [-0.25, -0.2) is 0 Å². The number of hydrogen-bond acceptors (Lipinski definition) is 2. The minimum absolute atomic E-state index is 0.728. The summed E-state index contributed by atoms with van der Waals surface area (Å²) in [6.45, 7) is 0.749. The number of aromatic amines is 1. The van der Waals surface area contributed by atoms with Crippen LogP contribution in [0.15, 0.2) is 0 Å². The Labute approximate surface area is 96.8 Å². The lowest BCUT2D eigenvalue weighted by Gasteiger charge is -2.27. The summed E-state index contributed by atoms with van der Waals surface area (Å²) < 4.78 is 0. The molecule has 3 nitrogen and oxygen atoms in total. The van der Waals surface area contributed by atoms with Crippen LogP contribution in [0.1, 0.15) is 67.3 Å². The SMILES string of the molecule is NCCc1c(C2CCC2)n[nH]c1C1CCC1. The summed E-state index contributed by atoms with van der Waals surface area (Å²) in [5, 5.41) is 7.88. The van der Waals surface area contributed by atoms with Crippen molar-refractivity contribution in [2.45, 2.75) is 56.8 Å². The smallest absolute Gasteiger partial charge is 0.0688 e. The average molecular weight is 219 g/mol. The van der Waals surface area contributed by atoms with Gasteiger partial charge in [0.15, 0.2) is 0 Å². The molecule has 0 radical (unpaired) electrons. The van der Waals surface area contributed by atoms with Gasteiger partial charge < -0.3 is 5.73 Å². The van der Waals surface area contributed by atoms with Gasteiger partial charge in [0.05, 0.1) is 5.69 Å². The Morgan fingerprint density at radius 2 is 1.81 bits per heavy atom. The molecule has 0 unspecified atom stereocenters. The van der Waals surface area contributed by atoms with Crippen LogP contribution in [-0.4, -0.2) is 16.7 Å². The predicted molar refractivity (Wildman–Crippen MR) is 64.5 cm³/mol. The van der Waals surface area contributed by atoms with Gasteiger partial charge in [-0.2, -0.15) is 5.10 Å². The van der Waals surface area contributed by atoms with Gasteiger partial charge >= 0.3 is 0 Å². The first-order chi connectivity index (χ1) is 7.90. The Morgan fingerprint density at radius 1 is 1.12 bits per heavy atom. The maximum Gasteiger partial charge on any atom is 0.0688 e. The first-order valence-electron chi connectivity index (χ1n) is 6.67. The fourth-order valence-electron chi connectivity index (χ4n) is 2.85. The summed E-state index contributed by atoms with van der Waals surface area (Å²) in [6.07, 6.45) is 9.09. The first kappa shape index (κ1) is 10.3. The summed E-state index contributed by atoms with van der Waals surface area (Å²) in [6, 6.07) is 0. The number of nitrogens with two attached hydrogens (primary N) is 1. The van der Waals surface area contributed by atoms with Crippen LogP contribution in [0.2, 0.25) is 0 Å². The van der Waals surface area contributed by atoms with Crippen molar-refractivity contribution in [2.24, 2.45) is 5.73 Å². The maximum atomic E-state index is 5.74. The molecule has 16 heavy (non-hydrogen) atoms. The second-order valence-corrected chi connectivity index (χ2v) is 5.30. The van der Waals surface area contributed by atoms with Crippen LogP contribution in [0.5, 0.6) is 0 Å². The van der Waals surface area contributed by atoms with E-state index in [-0.39, 0.29) is 0 Å². The van der Waals surface area contributed by atoms with Crippen molar-refractivity contribution in [1.82, 2.24) is 10.2 Å². The topological polar surface area (TPSA) is 54.7 Å². The fourth-order valence-corrected chi connectivity index (χ4v) is 2.85. The molecule has 3 N–H and O–H groups in total. The average Bonchev–Trinajstić information content (AvgIpc) is 2.46. The van der Waals surface area contributed by atoms with Crippen LogP contribution in [-0.2, 0) is 6.42 Å². The largest absolute Gasteiger partial charge is 0.330 e. The molecule has 0 amide bonds. The highest BCUT2D eigenvalue weighted by Gasteiger charge is 2.30. The minimum atomic E-state index is 0.728. The van der Waals surface area contributed by atoms with Crippen molar-refractivity contribution in [1.29, 1.82) is 0 Å². The van der Waals surface area contributed by atoms with E-state index < -0.39 is 0 Å². The Hall–Kier alpha value is -0.830. The molecule has 0 aromatic carbocycles. The van der Waals surface area contributed by atoms with Gasteiger partial charge in [-0.3, -0.25) is 5.10 Å². The van der Waals surface area contributed by atoms with Crippen LogP contribution in [0.3, 0.4) is 0 Å². The molecule has 1 heterocycles. The summed E-state index contributed by atoms with van der Waals surface area (Å²) in [5.74, 6) is 1.48. The van der Waals surface area contributed by atoms with Crippen LogP contribution >= 0.6 is 0 Å². The quantitative estimate of drug-likeness (QED) is 0.817. The summed E-state index contributed by atoms with van der Waals surface area (Å²) in [4.78, 5) is 0. The van der Waals surface area contributed by atoms with E-state index in [1.54, 1.807) is 0 Å². The van der Waals surface area contributed by atoms with E-state index in [1.165, 1.54) is 55.5 Å². The lowest BCUT2D eigenvalue weighted by Crippen LogP contribution is -2.16. The second-order valence-electron chi connectivity index (χ2n) is 5.30. The van der Waals surface area contributed by atoms with E-state index in [0.717, 1.165) is 24.8 Å². The first-order valence-corrected chi connectivity index (χ1v) is 6.67. The van der Waals surface area contributed by atoms with E-state index in [2.05, 4.69) is 10.2 Å². The van der Waals surface area contributed by atoms with Crippen molar-refractivity contribution < 1.29 is 0 Å². The molecule has 0 atom stereocenters. The number of rotatable bonds is 4. The number of hydrogen-bond donors (Lipinski definition) is 2. The molecule has 2 saturated carbocycles. The zero-order valence-electron chi connectivity index (χ0n) is 9.84. The molecule has 3 rings (SSSR count). The molecule has 0 spiro atoms. The molecule has 2 fully saturated rings. The van der Waals surface area contributed by atoms with E-state index in [1.807, 2.05) is 0 Å². The number of nitrogens with one attached hydrogen (secondary N) is 1. The van der Waals surface area contributed by atoms with E-state index in [4.69, 9.17) is 5.73 Å².